The number of nitrogens with zero attached hydrogens (tertiary/aromatic N) is 3. The number of pyridine rings is 1. The molecule has 1 aliphatic heterocycles. The average molecular weight is 598 g/mol. The molecule has 0 radical (unpaired) electrons. The van der Waals surface area contributed by atoms with Crippen LogP contribution in [-0.2, 0) is 6.18 Å². The monoisotopic (exact) mass is 597 g/mol. The van der Waals surface area contributed by atoms with E-state index in [4.69, 9.17) is 16.1 Å². The van der Waals surface area contributed by atoms with Crippen LogP contribution in [0.15, 0.2) is 53.1 Å². The van der Waals surface area contributed by atoms with Crippen LogP contribution in [0.3, 0.4) is 0 Å². The van der Waals surface area contributed by atoms with E-state index in [0.29, 0.717) is 30.5 Å². The fourth-order valence-electron chi connectivity index (χ4n) is 6.30. The molecule has 6 nitrogen and oxygen atoms in total. The number of alkyl halides is 3. The second-order valence-electron chi connectivity index (χ2n) is 11.4. The molecule has 1 saturated heterocycles. The number of halogens is 5. The molecule has 1 saturated carbocycles. The van der Waals surface area contributed by atoms with Crippen LogP contribution >= 0.6 is 11.6 Å². The smallest absolute Gasteiger partial charge is 0.417 e. The van der Waals surface area contributed by atoms with Gasteiger partial charge >= 0.3 is 12.1 Å². The summed E-state index contributed by atoms with van der Waals surface area (Å²) in [6.07, 6.45) is 1.83. The van der Waals surface area contributed by atoms with E-state index in [2.05, 4.69) is 16.2 Å². The molecule has 0 atom stereocenters. The van der Waals surface area contributed by atoms with E-state index < -0.39 is 29.2 Å². The topological polar surface area (TPSA) is 79.5 Å². The molecule has 0 amide bonds. The van der Waals surface area contributed by atoms with E-state index in [0.717, 1.165) is 49.0 Å². The number of aromatic carboxylic acids is 1. The summed E-state index contributed by atoms with van der Waals surface area (Å²) in [4.78, 5) is 17.3. The quantitative estimate of drug-likeness (QED) is 0.233. The van der Waals surface area contributed by atoms with Crippen LogP contribution in [0.5, 0.6) is 0 Å². The van der Waals surface area contributed by atoms with Gasteiger partial charge in [-0.15, -0.1) is 0 Å². The van der Waals surface area contributed by atoms with E-state index in [1.807, 2.05) is 4.90 Å². The lowest BCUT2D eigenvalue weighted by molar-refractivity contribution is -0.136. The molecule has 2 aromatic carbocycles. The molecule has 42 heavy (non-hydrogen) atoms. The van der Waals surface area contributed by atoms with Crippen LogP contribution in [0.25, 0.3) is 27.7 Å². The first-order valence-corrected chi connectivity index (χ1v) is 14.1. The molecular weight excluding hydrogens is 574 g/mol. The second kappa shape index (κ2) is 9.55. The van der Waals surface area contributed by atoms with Gasteiger partial charge in [-0.25, -0.2) is 14.2 Å². The van der Waals surface area contributed by atoms with Crippen molar-refractivity contribution >= 4 is 39.7 Å². The molecule has 7 rings (SSSR count). The van der Waals surface area contributed by atoms with Crippen molar-refractivity contribution in [2.45, 2.75) is 44.2 Å². The first-order chi connectivity index (χ1) is 20.0. The van der Waals surface area contributed by atoms with Gasteiger partial charge in [0.15, 0.2) is 0 Å². The maximum Gasteiger partial charge on any atom is 0.417 e. The Labute approximate surface area is 242 Å². The van der Waals surface area contributed by atoms with Crippen molar-refractivity contribution in [2.75, 3.05) is 18.0 Å². The molecular formula is C31H24ClF4N3O3. The molecule has 2 aromatic heterocycles. The number of fused-ring (bicyclic) bond motifs is 1. The fourth-order valence-corrected chi connectivity index (χ4v) is 6.55. The van der Waals surface area contributed by atoms with Crippen LogP contribution in [0.1, 0.15) is 65.4 Å². The highest BCUT2D eigenvalue weighted by molar-refractivity contribution is 6.33. The van der Waals surface area contributed by atoms with Crippen molar-refractivity contribution in [1.29, 1.82) is 0 Å². The third-order valence-electron chi connectivity index (χ3n) is 8.65. The minimum atomic E-state index is -4.73. The number of aromatic nitrogens is 2. The van der Waals surface area contributed by atoms with Gasteiger partial charge < -0.3 is 14.5 Å². The van der Waals surface area contributed by atoms with Crippen molar-refractivity contribution in [3.63, 3.8) is 0 Å². The molecule has 1 spiro atoms. The number of carboxylic acid groups (broad SMARTS) is 1. The van der Waals surface area contributed by atoms with Crippen molar-refractivity contribution in [3.05, 3.63) is 82.0 Å². The Morgan fingerprint density at radius 3 is 2.48 bits per heavy atom. The van der Waals surface area contributed by atoms with E-state index >= 15 is 0 Å². The molecule has 4 aromatic rings. The zero-order valence-corrected chi connectivity index (χ0v) is 22.9. The average Bonchev–Trinajstić information content (AvgIpc) is 3.69. The highest BCUT2D eigenvalue weighted by Crippen LogP contribution is 2.56. The van der Waals surface area contributed by atoms with Crippen LogP contribution in [-0.4, -0.2) is 34.3 Å². The standard InChI is InChI=1S/C31H24ClF4N3O3/c32-21-2-1-3-22(33)26(21)27-25(28(42-38-27)16-4-5-16)17-14-30(15-17)8-10-39(11-9-30)18-6-7-23-19(12-18)20(31(34,35)36)13-24(37-23)29(40)41/h1-3,6-7,12-14,16H,4-5,8-11,15H2,(H,40,41). The SMILES string of the molecule is O=C(O)c1cc(C(F)(F)F)c2cc(N3CCC4(C=C(c5c(-c6c(F)cccc6Cl)noc5C5CC5)C4)CC3)ccc2n1. The maximum atomic E-state index is 14.8. The number of piperidine rings is 1. The largest absolute Gasteiger partial charge is 0.477 e. The predicted octanol–water partition coefficient (Wildman–Crippen LogP) is 8.35. The van der Waals surface area contributed by atoms with E-state index in [9.17, 15) is 27.5 Å². The summed E-state index contributed by atoms with van der Waals surface area (Å²) in [6.45, 7) is 1.25. The summed E-state index contributed by atoms with van der Waals surface area (Å²) < 4.78 is 62.1. The highest BCUT2D eigenvalue weighted by Gasteiger charge is 2.44. The van der Waals surface area contributed by atoms with Crippen LogP contribution in [0, 0.1) is 11.2 Å². The third kappa shape index (κ3) is 4.52. The van der Waals surface area contributed by atoms with Crippen molar-refractivity contribution < 1.29 is 32.0 Å². The number of carboxylic acids is 1. The van der Waals surface area contributed by atoms with Gasteiger partial charge in [-0.05, 0) is 79.5 Å². The van der Waals surface area contributed by atoms with Gasteiger partial charge in [0.1, 0.15) is 23.0 Å². The van der Waals surface area contributed by atoms with Gasteiger partial charge in [0.2, 0.25) is 0 Å². The number of anilines is 1. The van der Waals surface area contributed by atoms with Crippen LogP contribution in [0.2, 0.25) is 5.02 Å². The summed E-state index contributed by atoms with van der Waals surface area (Å²) >= 11 is 6.38. The molecule has 3 aliphatic rings. The van der Waals surface area contributed by atoms with Gasteiger partial charge in [0.25, 0.3) is 0 Å². The summed E-state index contributed by atoms with van der Waals surface area (Å²) in [5.74, 6) is -0.929. The normalized spacial score (nSPS) is 18.3. The number of hydrogen-bond donors (Lipinski definition) is 1. The highest BCUT2D eigenvalue weighted by atomic mass is 35.5. The van der Waals surface area contributed by atoms with Gasteiger partial charge in [0.05, 0.1) is 21.7 Å². The maximum absolute atomic E-state index is 14.8. The Hall–Kier alpha value is -3.92. The Kier molecular flexibility index (Phi) is 6.13. The molecule has 2 fully saturated rings. The fraction of sp³-hybridized carbons (Fsp3) is 0.323. The number of carbonyl (C=O) groups is 1. The number of allylic oxidation sites excluding steroid dienone is 2. The summed E-state index contributed by atoms with van der Waals surface area (Å²) in [6, 6.07) is 9.70. The lowest BCUT2D eigenvalue weighted by atomic mass is 9.63. The molecule has 3 heterocycles. The van der Waals surface area contributed by atoms with Crippen LogP contribution < -0.4 is 4.90 Å². The van der Waals surface area contributed by atoms with E-state index in [1.54, 1.807) is 18.2 Å². The van der Waals surface area contributed by atoms with Crippen molar-refractivity contribution in [2.24, 2.45) is 5.41 Å². The number of hydrogen-bond acceptors (Lipinski definition) is 5. The molecule has 216 valence electrons. The lowest BCUT2D eigenvalue weighted by Gasteiger charge is -2.47. The minimum absolute atomic E-state index is 0.0167. The van der Waals surface area contributed by atoms with Gasteiger partial charge in [-0.3, -0.25) is 0 Å². The molecule has 2 aliphatic carbocycles. The molecule has 0 unspecified atom stereocenters. The minimum Gasteiger partial charge on any atom is -0.477 e. The first kappa shape index (κ1) is 26.9. The summed E-state index contributed by atoms with van der Waals surface area (Å²) in [5, 5.41) is 13.6. The third-order valence-corrected chi connectivity index (χ3v) is 8.97. The molecule has 1 N–H and O–H groups in total. The molecule has 11 heteroatoms. The molecule has 0 bridgehead atoms. The Morgan fingerprint density at radius 1 is 1.10 bits per heavy atom. The van der Waals surface area contributed by atoms with Gasteiger partial charge in [0, 0.05) is 35.6 Å². The van der Waals surface area contributed by atoms with Crippen LogP contribution in [0.4, 0.5) is 23.2 Å². The second-order valence-corrected chi connectivity index (χ2v) is 11.8. The van der Waals surface area contributed by atoms with E-state index in [-0.39, 0.29) is 32.8 Å². The van der Waals surface area contributed by atoms with Crippen molar-refractivity contribution in [3.8, 4) is 11.3 Å². The zero-order valence-electron chi connectivity index (χ0n) is 22.1. The number of rotatable bonds is 5. The summed E-state index contributed by atoms with van der Waals surface area (Å²) in [5.41, 5.74) is 1.43. The van der Waals surface area contributed by atoms with Crippen molar-refractivity contribution in [1.82, 2.24) is 10.1 Å². The Balaban J connectivity index is 1.15. The number of benzene rings is 2. The predicted molar refractivity (Wildman–Crippen MR) is 149 cm³/mol. The zero-order chi connectivity index (χ0) is 29.4. The van der Waals surface area contributed by atoms with Gasteiger partial charge in [-0.1, -0.05) is 28.9 Å². The Bertz CT molecular complexity index is 1770. The Morgan fingerprint density at radius 2 is 1.83 bits per heavy atom. The lowest BCUT2D eigenvalue weighted by Crippen LogP contribution is -2.42. The van der Waals surface area contributed by atoms with Gasteiger partial charge in [-0.2, -0.15) is 13.2 Å². The summed E-state index contributed by atoms with van der Waals surface area (Å²) in [7, 11) is 0. The van der Waals surface area contributed by atoms with E-state index in [1.165, 1.54) is 18.2 Å². The first-order valence-electron chi connectivity index (χ1n) is 13.7.